The van der Waals surface area contributed by atoms with Gasteiger partial charge in [-0.2, -0.15) is 4.99 Å². The highest BCUT2D eigenvalue weighted by molar-refractivity contribution is 6.03. The van der Waals surface area contributed by atoms with Crippen LogP contribution in [-0.2, 0) is 0 Å². The van der Waals surface area contributed by atoms with Crippen molar-refractivity contribution < 1.29 is 13.6 Å². The second-order valence-corrected chi connectivity index (χ2v) is 4.37. The van der Waals surface area contributed by atoms with Gasteiger partial charge in [0.25, 0.3) is 0 Å². The summed E-state index contributed by atoms with van der Waals surface area (Å²) in [7, 11) is 0. The van der Waals surface area contributed by atoms with Crippen molar-refractivity contribution >= 4 is 11.9 Å². The van der Waals surface area contributed by atoms with E-state index >= 15 is 0 Å². The van der Waals surface area contributed by atoms with Gasteiger partial charge >= 0.3 is 6.03 Å². The average molecular weight is 253 g/mol. The molecule has 18 heavy (non-hydrogen) atoms. The Bertz CT molecular complexity index is 528. The first-order valence-corrected chi connectivity index (χ1v) is 5.53. The van der Waals surface area contributed by atoms with Crippen molar-refractivity contribution in [3.63, 3.8) is 0 Å². The molecule has 1 aromatic carbocycles. The van der Waals surface area contributed by atoms with Gasteiger partial charge in [0.1, 0.15) is 11.9 Å². The van der Waals surface area contributed by atoms with E-state index in [9.17, 15) is 13.6 Å². The molecule has 1 heterocycles. The Hall–Kier alpha value is -1.98. The van der Waals surface area contributed by atoms with Gasteiger partial charge in [-0.05, 0) is 19.9 Å². The van der Waals surface area contributed by atoms with Crippen LogP contribution in [0.4, 0.5) is 13.6 Å². The van der Waals surface area contributed by atoms with E-state index in [-0.39, 0.29) is 17.4 Å². The smallest absolute Gasteiger partial charge is 0.346 e. The van der Waals surface area contributed by atoms with Crippen molar-refractivity contribution in [1.29, 1.82) is 0 Å². The van der Waals surface area contributed by atoms with Crippen molar-refractivity contribution in [1.82, 2.24) is 4.90 Å². The summed E-state index contributed by atoms with van der Waals surface area (Å²) in [5, 5.41) is 0. The van der Waals surface area contributed by atoms with Crippen molar-refractivity contribution in [2.24, 2.45) is 10.7 Å². The summed E-state index contributed by atoms with van der Waals surface area (Å²) in [5.74, 6) is -1.98. The maximum atomic E-state index is 13.8. The van der Waals surface area contributed by atoms with E-state index in [2.05, 4.69) is 4.99 Å². The van der Waals surface area contributed by atoms with Gasteiger partial charge in [-0.25, -0.2) is 13.6 Å². The molecule has 1 aliphatic rings. The lowest BCUT2D eigenvalue weighted by Crippen LogP contribution is -2.38. The van der Waals surface area contributed by atoms with Crippen LogP contribution in [-0.4, -0.2) is 22.8 Å². The Labute approximate surface area is 103 Å². The van der Waals surface area contributed by atoms with Gasteiger partial charge in [0.15, 0.2) is 11.6 Å². The lowest BCUT2D eigenvalue weighted by atomic mass is 10.0. The van der Waals surface area contributed by atoms with Gasteiger partial charge in [0, 0.05) is 11.6 Å². The van der Waals surface area contributed by atoms with Gasteiger partial charge in [-0.15, -0.1) is 0 Å². The first-order chi connectivity index (χ1) is 8.43. The average Bonchev–Trinajstić information content (AvgIpc) is 2.57. The lowest BCUT2D eigenvalue weighted by Gasteiger charge is -2.28. The van der Waals surface area contributed by atoms with Gasteiger partial charge in [-0.3, -0.25) is 0 Å². The van der Waals surface area contributed by atoms with E-state index in [4.69, 9.17) is 5.73 Å². The van der Waals surface area contributed by atoms with Crippen LogP contribution in [0.25, 0.3) is 0 Å². The Morgan fingerprint density at radius 2 is 2.06 bits per heavy atom. The molecule has 0 radical (unpaired) electrons. The molecular formula is C12H13F2N3O. The van der Waals surface area contributed by atoms with Crippen molar-refractivity contribution in [2.45, 2.75) is 25.9 Å². The van der Waals surface area contributed by atoms with Crippen molar-refractivity contribution in [2.75, 3.05) is 0 Å². The second kappa shape index (κ2) is 4.36. The molecule has 1 unspecified atom stereocenters. The molecule has 1 aromatic rings. The summed E-state index contributed by atoms with van der Waals surface area (Å²) < 4.78 is 27.0. The molecule has 2 N–H and O–H groups in total. The number of carbonyl (C=O) groups excluding carboxylic acids is 1. The van der Waals surface area contributed by atoms with Crippen LogP contribution in [0.1, 0.15) is 25.5 Å². The SMILES string of the molecule is CC(C)N1C(=O)N=C(N)C1c1cccc(F)c1F. The Morgan fingerprint density at radius 1 is 1.39 bits per heavy atom. The zero-order valence-electron chi connectivity index (χ0n) is 10.0. The molecule has 6 heteroatoms. The predicted octanol–water partition coefficient (Wildman–Crippen LogP) is 2.21. The number of amides is 2. The highest BCUT2D eigenvalue weighted by Crippen LogP contribution is 2.31. The van der Waals surface area contributed by atoms with Crippen molar-refractivity contribution in [3.8, 4) is 0 Å². The third-order valence-corrected chi connectivity index (χ3v) is 2.84. The Morgan fingerprint density at radius 3 is 2.67 bits per heavy atom. The third kappa shape index (κ3) is 1.83. The highest BCUT2D eigenvalue weighted by Gasteiger charge is 2.38. The molecule has 0 fully saturated rings. The number of halogens is 2. The number of urea groups is 1. The number of hydrogen-bond acceptors (Lipinski definition) is 2. The van der Waals surface area contributed by atoms with Gasteiger partial charge in [0.05, 0.1) is 0 Å². The molecule has 0 saturated carbocycles. The van der Waals surface area contributed by atoms with Crippen LogP contribution in [0.2, 0.25) is 0 Å². The zero-order valence-corrected chi connectivity index (χ0v) is 10.0. The van der Waals surface area contributed by atoms with Crippen LogP contribution in [0.3, 0.4) is 0 Å². The van der Waals surface area contributed by atoms with E-state index in [0.29, 0.717) is 0 Å². The van der Waals surface area contributed by atoms with Crippen LogP contribution in [0.5, 0.6) is 0 Å². The summed E-state index contributed by atoms with van der Waals surface area (Å²) in [6, 6.07) is 2.21. The summed E-state index contributed by atoms with van der Waals surface area (Å²) in [6.45, 7) is 3.52. The fourth-order valence-electron chi connectivity index (χ4n) is 2.04. The molecule has 4 nitrogen and oxygen atoms in total. The van der Waals surface area contributed by atoms with Crippen LogP contribution in [0.15, 0.2) is 23.2 Å². The first-order valence-electron chi connectivity index (χ1n) is 5.53. The number of nitrogens with zero attached hydrogens (tertiary/aromatic N) is 2. The molecule has 0 spiro atoms. The molecule has 1 aliphatic heterocycles. The van der Waals surface area contributed by atoms with E-state index in [1.54, 1.807) is 13.8 Å². The van der Waals surface area contributed by atoms with Crippen LogP contribution in [0, 0.1) is 11.6 Å². The van der Waals surface area contributed by atoms with E-state index < -0.39 is 23.7 Å². The number of carbonyl (C=O) groups is 1. The minimum Gasteiger partial charge on any atom is -0.385 e. The number of rotatable bonds is 2. The van der Waals surface area contributed by atoms with Gasteiger partial charge in [-0.1, -0.05) is 12.1 Å². The number of aliphatic imine (C=N–C) groups is 1. The normalized spacial score (nSPS) is 19.6. The van der Waals surface area contributed by atoms with Gasteiger partial charge in [0.2, 0.25) is 0 Å². The summed E-state index contributed by atoms with van der Waals surface area (Å²) in [6.07, 6.45) is 0. The minimum absolute atomic E-state index is 0.0156. The number of hydrogen-bond donors (Lipinski definition) is 1. The fraction of sp³-hybridized carbons (Fsp3) is 0.333. The summed E-state index contributed by atoms with van der Waals surface area (Å²) >= 11 is 0. The maximum Gasteiger partial charge on any atom is 0.346 e. The summed E-state index contributed by atoms with van der Waals surface area (Å²) in [4.78, 5) is 16.6. The third-order valence-electron chi connectivity index (χ3n) is 2.84. The van der Waals surface area contributed by atoms with Crippen LogP contribution >= 0.6 is 0 Å². The van der Waals surface area contributed by atoms with Gasteiger partial charge < -0.3 is 10.6 Å². The predicted molar refractivity (Wildman–Crippen MR) is 63.1 cm³/mol. The van der Waals surface area contributed by atoms with Crippen LogP contribution < -0.4 is 5.73 Å². The molecule has 2 amide bonds. The maximum absolute atomic E-state index is 13.8. The molecular weight excluding hydrogens is 240 g/mol. The first kappa shape index (κ1) is 12.5. The quantitative estimate of drug-likeness (QED) is 0.878. The molecule has 0 bridgehead atoms. The van der Waals surface area contributed by atoms with E-state index in [1.165, 1.54) is 17.0 Å². The fourth-order valence-corrected chi connectivity index (χ4v) is 2.04. The molecule has 96 valence electrons. The Kier molecular flexibility index (Phi) is 3.02. The molecule has 0 aliphatic carbocycles. The standard InChI is InChI=1S/C12H13F2N3O/c1-6(2)17-10(11(15)16-12(17)18)7-4-3-5-8(13)9(7)14/h3-6,10H,1-2H3,(H2,15,16,18). The monoisotopic (exact) mass is 253 g/mol. The van der Waals surface area contributed by atoms with E-state index in [1.807, 2.05) is 0 Å². The lowest BCUT2D eigenvalue weighted by molar-refractivity contribution is 0.189. The van der Waals surface area contributed by atoms with Crippen molar-refractivity contribution in [3.05, 3.63) is 35.4 Å². The number of benzene rings is 1. The minimum atomic E-state index is -0.999. The number of nitrogens with two attached hydrogens (primary N) is 1. The molecule has 0 saturated heterocycles. The largest absolute Gasteiger partial charge is 0.385 e. The second-order valence-electron chi connectivity index (χ2n) is 4.37. The number of amidine groups is 1. The zero-order chi connectivity index (χ0) is 13.4. The topological polar surface area (TPSA) is 58.7 Å². The summed E-state index contributed by atoms with van der Waals surface area (Å²) in [5.41, 5.74) is 5.67. The molecule has 1 atom stereocenters. The Balaban J connectivity index is 2.51. The molecule has 2 rings (SSSR count). The highest BCUT2D eigenvalue weighted by atomic mass is 19.2. The van der Waals surface area contributed by atoms with E-state index in [0.717, 1.165) is 6.07 Å². The molecule has 0 aromatic heterocycles.